The van der Waals surface area contributed by atoms with Gasteiger partial charge in [-0.05, 0) is 31.0 Å². The lowest BCUT2D eigenvalue weighted by Crippen LogP contribution is -2.49. The molecule has 0 aliphatic rings. The number of nitrogen functional groups attached to an aromatic ring is 1. The van der Waals surface area contributed by atoms with Gasteiger partial charge in [0, 0.05) is 18.7 Å². The van der Waals surface area contributed by atoms with Crippen LogP contribution in [0.25, 0.3) is 11.1 Å². The van der Waals surface area contributed by atoms with Crippen LogP contribution in [0.5, 0.6) is 0 Å². The third-order valence-electron chi connectivity index (χ3n) is 3.18. The molecule has 5 heteroatoms. The Morgan fingerprint density at radius 3 is 2.67 bits per heavy atom. The monoisotopic (exact) mass is 283 g/mol. The zero-order valence-corrected chi connectivity index (χ0v) is 12.4. The molecule has 1 amide bonds. The molecule has 0 fully saturated rings. The van der Waals surface area contributed by atoms with Gasteiger partial charge in [-0.2, -0.15) is 0 Å². The normalized spacial score (nSPS) is 10.2. The summed E-state index contributed by atoms with van der Waals surface area (Å²) in [6.07, 6.45) is 1.67. The molecule has 2 rings (SSSR count). The molecule has 1 heterocycles. The van der Waals surface area contributed by atoms with E-state index in [1.165, 1.54) is 0 Å². The van der Waals surface area contributed by atoms with Crippen LogP contribution in [0.3, 0.4) is 0 Å². The number of carbonyl (C=O) groups is 1. The number of amidine groups is 1. The van der Waals surface area contributed by atoms with Crippen LogP contribution in [0.4, 0.5) is 5.82 Å². The van der Waals surface area contributed by atoms with Gasteiger partial charge in [-0.15, -0.1) is 0 Å². The summed E-state index contributed by atoms with van der Waals surface area (Å²) in [6, 6.07) is 7.88. The third-order valence-corrected chi connectivity index (χ3v) is 3.18. The van der Waals surface area contributed by atoms with E-state index in [1.807, 2.05) is 26.0 Å². The van der Waals surface area contributed by atoms with Gasteiger partial charge in [0.05, 0.1) is 0 Å². The lowest BCUT2D eigenvalue weighted by Gasteiger charge is -2.09. The SMILES string of the molecule is CC(=[NH2+])NC(=O)c1cc(-c2cc(C)ccc2C)cnc1N. The molecule has 1 aromatic carbocycles. The zero-order valence-electron chi connectivity index (χ0n) is 12.4. The smallest absolute Gasteiger partial charge is 0.342 e. The van der Waals surface area contributed by atoms with E-state index in [0.29, 0.717) is 11.4 Å². The highest BCUT2D eigenvalue weighted by Gasteiger charge is 2.17. The first-order valence-corrected chi connectivity index (χ1v) is 6.62. The summed E-state index contributed by atoms with van der Waals surface area (Å²) in [4.78, 5) is 16.2. The highest BCUT2D eigenvalue weighted by molar-refractivity contribution is 6.07. The maximum absolute atomic E-state index is 12.1. The van der Waals surface area contributed by atoms with Gasteiger partial charge >= 0.3 is 5.91 Å². The number of anilines is 1. The van der Waals surface area contributed by atoms with Gasteiger partial charge in [0.1, 0.15) is 11.4 Å². The summed E-state index contributed by atoms with van der Waals surface area (Å²) in [5, 5.41) is 8.04. The number of pyridine rings is 1. The number of aryl methyl sites for hydroxylation is 2. The van der Waals surface area contributed by atoms with Crippen LogP contribution in [0.15, 0.2) is 30.5 Å². The summed E-state index contributed by atoms with van der Waals surface area (Å²) < 4.78 is 0. The minimum absolute atomic E-state index is 0.183. The summed E-state index contributed by atoms with van der Waals surface area (Å²) in [5.41, 5.74) is 10.2. The molecule has 0 radical (unpaired) electrons. The molecule has 21 heavy (non-hydrogen) atoms. The second kappa shape index (κ2) is 5.75. The van der Waals surface area contributed by atoms with Crippen molar-refractivity contribution >= 4 is 17.6 Å². The molecule has 5 N–H and O–H groups in total. The third kappa shape index (κ3) is 3.25. The van der Waals surface area contributed by atoms with Crippen LogP contribution in [0.1, 0.15) is 28.4 Å². The van der Waals surface area contributed by atoms with E-state index in [1.54, 1.807) is 19.2 Å². The van der Waals surface area contributed by atoms with Crippen molar-refractivity contribution in [2.45, 2.75) is 20.8 Å². The molecule has 2 aromatic rings. The molecule has 5 nitrogen and oxygen atoms in total. The van der Waals surface area contributed by atoms with Gasteiger partial charge in [-0.1, -0.05) is 23.8 Å². The van der Waals surface area contributed by atoms with Gasteiger partial charge in [-0.3, -0.25) is 5.41 Å². The van der Waals surface area contributed by atoms with E-state index in [0.717, 1.165) is 22.3 Å². The first-order chi connectivity index (χ1) is 9.88. The number of carbonyl (C=O) groups excluding carboxylic acids is 1. The van der Waals surface area contributed by atoms with Gasteiger partial charge < -0.3 is 5.73 Å². The van der Waals surface area contributed by atoms with Crippen LogP contribution >= 0.6 is 0 Å². The predicted octanol–water partition coefficient (Wildman–Crippen LogP) is 0.855. The highest BCUT2D eigenvalue weighted by atomic mass is 16.1. The molecule has 108 valence electrons. The van der Waals surface area contributed by atoms with E-state index >= 15 is 0 Å². The number of benzene rings is 1. The summed E-state index contributed by atoms with van der Waals surface area (Å²) in [6.45, 7) is 5.65. The average Bonchev–Trinajstić information content (AvgIpc) is 2.41. The van der Waals surface area contributed by atoms with Crippen molar-refractivity contribution in [3.05, 3.63) is 47.2 Å². The quantitative estimate of drug-likeness (QED) is 0.563. The van der Waals surface area contributed by atoms with E-state index in [9.17, 15) is 4.79 Å². The second-order valence-electron chi connectivity index (χ2n) is 5.11. The molecular weight excluding hydrogens is 264 g/mol. The zero-order chi connectivity index (χ0) is 15.6. The molecule has 0 aliphatic carbocycles. The van der Waals surface area contributed by atoms with Crippen molar-refractivity contribution in [2.75, 3.05) is 5.73 Å². The Bertz CT molecular complexity index is 722. The van der Waals surface area contributed by atoms with Gasteiger partial charge in [0.25, 0.3) is 0 Å². The number of rotatable bonds is 2. The Kier molecular flexibility index (Phi) is 4.03. The molecule has 0 aliphatic heterocycles. The molecule has 0 atom stereocenters. The topological polar surface area (TPSA) is 93.6 Å². The number of amides is 1. The van der Waals surface area contributed by atoms with Crippen LogP contribution < -0.4 is 16.5 Å². The molecular formula is C16H19N4O+. The molecule has 0 spiro atoms. The van der Waals surface area contributed by atoms with E-state index < -0.39 is 0 Å². The fourth-order valence-corrected chi connectivity index (χ4v) is 2.10. The first-order valence-electron chi connectivity index (χ1n) is 6.62. The summed E-state index contributed by atoms with van der Waals surface area (Å²) >= 11 is 0. The summed E-state index contributed by atoms with van der Waals surface area (Å²) in [5.74, 6) is 0.145. The number of nitrogens with two attached hydrogens (primary N) is 2. The second-order valence-corrected chi connectivity index (χ2v) is 5.11. The Hall–Kier alpha value is -2.69. The predicted molar refractivity (Wildman–Crippen MR) is 83.6 cm³/mol. The number of aromatic nitrogens is 1. The highest BCUT2D eigenvalue weighted by Crippen LogP contribution is 2.26. The minimum Gasteiger partial charge on any atom is -0.383 e. The Morgan fingerprint density at radius 1 is 1.29 bits per heavy atom. The van der Waals surface area contributed by atoms with Crippen LogP contribution in [-0.2, 0) is 0 Å². The van der Waals surface area contributed by atoms with E-state index in [2.05, 4.69) is 16.4 Å². The fraction of sp³-hybridized carbons (Fsp3) is 0.188. The fourth-order valence-electron chi connectivity index (χ4n) is 2.10. The Morgan fingerprint density at radius 2 is 2.00 bits per heavy atom. The van der Waals surface area contributed by atoms with Crippen LogP contribution in [0, 0.1) is 13.8 Å². The average molecular weight is 283 g/mol. The first kappa shape index (κ1) is 14.7. The Balaban J connectivity index is 2.50. The van der Waals surface area contributed by atoms with Crippen molar-refractivity contribution in [3.63, 3.8) is 0 Å². The Labute approximate surface area is 123 Å². The van der Waals surface area contributed by atoms with E-state index in [4.69, 9.17) is 11.1 Å². The van der Waals surface area contributed by atoms with Crippen molar-refractivity contribution in [2.24, 2.45) is 0 Å². The largest absolute Gasteiger partial charge is 0.383 e. The summed E-state index contributed by atoms with van der Waals surface area (Å²) in [7, 11) is 0. The molecule has 1 aromatic heterocycles. The van der Waals surface area contributed by atoms with Crippen molar-refractivity contribution in [1.82, 2.24) is 10.3 Å². The van der Waals surface area contributed by atoms with Crippen molar-refractivity contribution in [3.8, 4) is 11.1 Å². The minimum atomic E-state index is -0.354. The van der Waals surface area contributed by atoms with Gasteiger partial charge in [0.15, 0.2) is 0 Å². The van der Waals surface area contributed by atoms with Crippen LogP contribution in [-0.4, -0.2) is 16.7 Å². The molecule has 0 unspecified atom stereocenters. The van der Waals surface area contributed by atoms with Crippen molar-refractivity contribution < 1.29 is 10.2 Å². The number of nitrogens with one attached hydrogen (secondary N) is 1. The molecule has 0 bridgehead atoms. The molecule has 0 saturated heterocycles. The number of hydrogen-bond acceptors (Lipinski definition) is 3. The van der Waals surface area contributed by atoms with Crippen molar-refractivity contribution in [1.29, 1.82) is 0 Å². The standard InChI is InChI=1S/C16H18N4O/c1-9-4-5-10(2)13(6-9)12-7-14(15(18)19-8-12)16(21)20-11(3)17/h4-8H,1-3H3,(H2,18,19)(H2,17,20,21)/p+1. The number of hydrogen-bond donors (Lipinski definition) is 3. The lowest BCUT2D eigenvalue weighted by molar-refractivity contribution is -0.118. The van der Waals surface area contributed by atoms with Crippen LogP contribution in [0.2, 0.25) is 0 Å². The van der Waals surface area contributed by atoms with Gasteiger partial charge in [0.2, 0.25) is 5.84 Å². The molecule has 0 saturated carbocycles. The number of nitrogens with zero attached hydrogens (tertiary/aromatic N) is 1. The maximum atomic E-state index is 12.1. The van der Waals surface area contributed by atoms with Gasteiger partial charge in [-0.25, -0.2) is 15.1 Å². The van der Waals surface area contributed by atoms with E-state index in [-0.39, 0.29) is 11.7 Å². The maximum Gasteiger partial charge on any atom is 0.342 e. The lowest BCUT2D eigenvalue weighted by atomic mass is 9.98.